The molecule has 0 saturated carbocycles. The fourth-order valence-electron chi connectivity index (χ4n) is 1.81. The van der Waals surface area contributed by atoms with E-state index in [1.165, 1.54) is 0 Å². The number of rotatable bonds is 4. The summed E-state index contributed by atoms with van der Waals surface area (Å²) in [5, 5.41) is 17.9. The predicted octanol–water partition coefficient (Wildman–Crippen LogP) is 3.60. The predicted molar refractivity (Wildman–Crippen MR) is 71.5 cm³/mol. The normalized spacial score (nSPS) is 10.4. The molecule has 2 aromatic carbocycles. The van der Waals surface area contributed by atoms with E-state index in [1.807, 2.05) is 0 Å². The summed E-state index contributed by atoms with van der Waals surface area (Å²) in [5.74, 6) is -8.24. The summed E-state index contributed by atoms with van der Waals surface area (Å²) in [7, 11) is 0. The fourth-order valence-corrected chi connectivity index (χ4v) is 1.81. The molecule has 0 bridgehead atoms. The van der Waals surface area contributed by atoms with Crippen molar-refractivity contribution in [1.29, 1.82) is 0 Å². The number of halogens is 3. The van der Waals surface area contributed by atoms with E-state index in [9.17, 15) is 22.8 Å². The molecule has 0 radical (unpaired) electrons. The summed E-state index contributed by atoms with van der Waals surface area (Å²) in [6, 6.07) is 3.51. The molecule has 23 heavy (non-hydrogen) atoms. The van der Waals surface area contributed by atoms with Crippen molar-refractivity contribution in [3.05, 3.63) is 58.4 Å². The van der Waals surface area contributed by atoms with Crippen molar-refractivity contribution in [2.75, 3.05) is 0 Å². The van der Waals surface area contributed by atoms with Gasteiger partial charge in [-0.2, -0.15) is 0 Å². The lowest BCUT2D eigenvalue weighted by atomic mass is 10.1. The van der Waals surface area contributed by atoms with Gasteiger partial charge < -0.3 is 14.9 Å². The maximum atomic E-state index is 13.5. The SMILES string of the molecule is Cc1c(Oc2ccc(C(=O)O)cc2C(=O)O)cc(F)c(F)c1F. The van der Waals surface area contributed by atoms with Crippen molar-refractivity contribution in [2.45, 2.75) is 6.92 Å². The number of carboxylic acid groups (broad SMARTS) is 2. The topological polar surface area (TPSA) is 83.8 Å². The summed E-state index contributed by atoms with van der Waals surface area (Å²) in [5.41, 5.74) is -1.18. The van der Waals surface area contributed by atoms with E-state index in [0.29, 0.717) is 6.07 Å². The van der Waals surface area contributed by atoms with Gasteiger partial charge in [0.1, 0.15) is 17.1 Å². The molecule has 2 N–H and O–H groups in total. The molecule has 5 nitrogen and oxygen atoms in total. The summed E-state index contributed by atoms with van der Waals surface area (Å²) in [6.07, 6.45) is 0. The van der Waals surface area contributed by atoms with Crippen LogP contribution in [0, 0.1) is 24.4 Å². The number of carboxylic acids is 2. The minimum absolute atomic E-state index is 0.303. The van der Waals surface area contributed by atoms with Gasteiger partial charge in [0.2, 0.25) is 0 Å². The highest BCUT2D eigenvalue weighted by molar-refractivity contribution is 5.96. The van der Waals surface area contributed by atoms with Crippen LogP contribution in [0.3, 0.4) is 0 Å². The highest BCUT2D eigenvalue weighted by Crippen LogP contribution is 2.32. The number of carbonyl (C=O) groups is 2. The third-order valence-electron chi connectivity index (χ3n) is 3.04. The lowest BCUT2D eigenvalue weighted by molar-refractivity contribution is 0.0694. The molecule has 0 aliphatic heterocycles. The van der Waals surface area contributed by atoms with Crippen LogP contribution in [-0.2, 0) is 0 Å². The molecule has 2 aromatic rings. The van der Waals surface area contributed by atoms with Gasteiger partial charge in [-0.15, -0.1) is 0 Å². The van der Waals surface area contributed by atoms with Crippen LogP contribution in [0.2, 0.25) is 0 Å². The number of hydrogen-bond acceptors (Lipinski definition) is 3. The molecule has 0 atom stereocenters. The molecule has 0 amide bonds. The summed E-state index contributed by atoms with van der Waals surface area (Å²) < 4.78 is 45.0. The number of ether oxygens (including phenoxy) is 1. The van der Waals surface area contributed by atoms with Crippen LogP contribution in [-0.4, -0.2) is 22.2 Å². The Bertz CT molecular complexity index is 817. The Morgan fingerprint density at radius 3 is 2.17 bits per heavy atom. The lowest BCUT2D eigenvalue weighted by Crippen LogP contribution is -2.05. The van der Waals surface area contributed by atoms with Crippen LogP contribution in [0.15, 0.2) is 24.3 Å². The highest BCUT2D eigenvalue weighted by Gasteiger charge is 2.20. The van der Waals surface area contributed by atoms with E-state index >= 15 is 0 Å². The lowest BCUT2D eigenvalue weighted by Gasteiger charge is -2.12. The quantitative estimate of drug-likeness (QED) is 0.839. The van der Waals surface area contributed by atoms with Crippen molar-refractivity contribution in [1.82, 2.24) is 0 Å². The number of hydrogen-bond donors (Lipinski definition) is 2. The van der Waals surface area contributed by atoms with Crippen molar-refractivity contribution in [2.24, 2.45) is 0 Å². The van der Waals surface area contributed by atoms with E-state index in [0.717, 1.165) is 25.1 Å². The van der Waals surface area contributed by atoms with Gasteiger partial charge in [0.05, 0.1) is 5.56 Å². The average Bonchev–Trinajstić information content (AvgIpc) is 2.50. The van der Waals surface area contributed by atoms with Gasteiger partial charge >= 0.3 is 11.9 Å². The first-order valence-electron chi connectivity index (χ1n) is 6.15. The van der Waals surface area contributed by atoms with Gasteiger partial charge in [0.25, 0.3) is 0 Å². The molecule has 120 valence electrons. The second-order valence-corrected chi connectivity index (χ2v) is 4.53. The van der Waals surface area contributed by atoms with Crippen molar-refractivity contribution in [3.63, 3.8) is 0 Å². The molecule has 8 heteroatoms. The molecule has 0 aliphatic rings. The summed E-state index contributed by atoms with van der Waals surface area (Å²) in [4.78, 5) is 22.0. The second-order valence-electron chi connectivity index (χ2n) is 4.53. The van der Waals surface area contributed by atoms with Crippen LogP contribution in [0.1, 0.15) is 26.3 Å². The zero-order valence-electron chi connectivity index (χ0n) is 11.6. The minimum Gasteiger partial charge on any atom is -0.478 e. The van der Waals surface area contributed by atoms with Gasteiger partial charge in [-0.3, -0.25) is 0 Å². The fraction of sp³-hybridized carbons (Fsp3) is 0.0667. The molecule has 0 aromatic heterocycles. The maximum Gasteiger partial charge on any atom is 0.339 e. The number of benzene rings is 2. The minimum atomic E-state index is -1.67. The molecule has 0 unspecified atom stereocenters. The van der Waals surface area contributed by atoms with E-state index in [4.69, 9.17) is 14.9 Å². The summed E-state index contributed by atoms with van der Waals surface area (Å²) >= 11 is 0. The number of aromatic carboxylic acids is 2. The van der Waals surface area contributed by atoms with Gasteiger partial charge in [-0.1, -0.05) is 0 Å². The molecular formula is C15H9F3O5. The van der Waals surface area contributed by atoms with Gasteiger partial charge in [0.15, 0.2) is 17.5 Å². The molecule has 0 fully saturated rings. The molecule has 0 saturated heterocycles. The third kappa shape index (κ3) is 3.10. The smallest absolute Gasteiger partial charge is 0.339 e. The molecule has 2 rings (SSSR count). The Morgan fingerprint density at radius 1 is 0.957 bits per heavy atom. The standard InChI is InChI=1S/C15H9F3O5/c1-6-11(5-9(16)13(18)12(6)17)23-10-3-2-7(14(19)20)4-8(10)15(21)22/h2-5H,1H3,(H,19,20)(H,21,22). The van der Waals surface area contributed by atoms with Crippen LogP contribution in [0.5, 0.6) is 11.5 Å². The van der Waals surface area contributed by atoms with Gasteiger partial charge in [-0.05, 0) is 25.1 Å². The maximum absolute atomic E-state index is 13.5. The van der Waals surface area contributed by atoms with Crippen molar-refractivity contribution >= 4 is 11.9 Å². The highest BCUT2D eigenvalue weighted by atomic mass is 19.2. The summed E-state index contributed by atoms with van der Waals surface area (Å²) in [6.45, 7) is 1.12. The first-order valence-corrected chi connectivity index (χ1v) is 6.15. The van der Waals surface area contributed by atoms with Crippen molar-refractivity contribution in [3.8, 4) is 11.5 Å². The van der Waals surface area contributed by atoms with Gasteiger partial charge in [-0.25, -0.2) is 22.8 Å². The Hall–Kier alpha value is -3.03. The molecule has 0 spiro atoms. The average molecular weight is 326 g/mol. The van der Waals surface area contributed by atoms with Crippen LogP contribution in [0.4, 0.5) is 13.2 Å². The monoisotopic (exact) mass is 326 g/mol. The third-order valence-corrected chi connectivity index (χ3v) is 3.04. The van der Waals surface area contributed by atoms with E-state index in [-0.39, 0.29) is 16.9 Å². The second kappa shape index (κ2) is 5.99. The zero-order valence-corrected chi connectivity index (χ0v) is 11.6. The van der Waals surface area contributed by atoms with E-state index < -0.39 is 40.7 Å². The molecule has 0 heterocycles. The molecular weight excluding hydrogens is 317 g/mol. The van der Waals surface area contributed by atoms with E-state index in [2.05, 4.69) is 0 Å². The van der Waals surface area contributed by atoms with Crippen molar-refractivity contribution < 1.29 is 37.7 Å². The van der Waals surface area contributed by atoms with Crippen LogP contribution in [0.25, 0.3) is 0 Å². The Kier molecular flexibility index (Phi) is 4.26. The Balaban J connectivity index is 2.53. The first-order chi connectivity index (χ1) is 10.7. The molecule has 0 aliphatic carbocycles. The first kappa shape index (κ1) is 16.3. The Labute approximate surface area is 127 Å². The Morgan fingerprint density at radius 2 is 1.61 bits per heavy atom. The van der Waals surface area contributed by atoms with Crippen LogP contribution >= 0.6 is 0 Å². The largest absolute Gasteiger partial charge is 0.478 e. The van der Waals surface area contributed by atoms with Crippen LogP contribution < -0.4 is 4.74 Å². The van der Waals surface area contributed by atoms with Gasteiger partial charge in [0, 0.05) is 11.6 Å². The zero-order chi connectivity index (χ0) is 17.3. The van der Waals surface area contributed by atoms with E-state index in [1.54, 1.807) is 0 Å².